The maximum Gasteiger partial charge on any atom is 0.246 e. The van der Waals surface area contributed by atoms with E-state index in [1.165, 1.54) is 8.99 Å². The Morgan fingerprint density at radius 2 is 1.66 bits per heavy atom. The maximum atomic E-state index is 12.9. The Balaban J connectivity index is 1.71. The molecule has 0 aliphatic carbocycles. The van der Waals surface area contributed by atoms with E-state index in [1.54, 1.807) is 41.5 Å². The van der Waals surface area contributed by atoms with Crippen LogP contribution in [-0.4, -0.2) is 74.9 Å². The third kappa shape index (κ3) is 4.19. The summed E-state index contributed by atoms with van der Waals surface area (Å²) in [5, 5.41) is 4.16. The van der Waals surface area contributed by atoms with Gasteiger partial charge in [0.2, 0.25) is 15.8 Å². The molecular weight excluding hydrogens is 396 g/mol. The summed E-state index contributed by atoms with van der Waals surface area (Å²) in [4.78, 5) is 2.47. The summed E-state index contributed by atoms with van der Waals surface area (Å²) in [5.74, 6) is 1.80. The minimum atomic E-state index is -3.54. The van der Waals surface area contributed by atoms with Crippen molar-refractivity contribution in [3.8, 4) is 17.2 Å². The van der Waals surface area contributed by atoms with Crippen molar-refractivity contribution in [3.63, 3.8) is 0 Å². The molecule has 1 aliphatic rings. The molecule has 1 saturated heterocycles. The predicted octanol–water partition coefficient (Wildman–Crippen LogP) is 1.26. The third-order valence-electron chi connectivity index (χ3n) is 5.10. The standard InChI is InChI=1S/C19H28N4O5S/c1-14-17(13-21(2)20-14)29(24,25)23-10-8-22(9-11-23)12-15-6-7-16(26-3)19(28-5)18(15)27-4/h6-7,13H,8-12H2,1-5H3. The number of nitrogens with zero attached hydrogens (tertiary/aromatic N) is 4. The molecule has 29 heavy (non-hydrogen) atoms. The second-order valence-corrected chi connectivity index (χ2v) is 8.83. The molecule has 1 aromatic carbocycles. The van der Waals surface area contributed by atoms with Crippen molar-refractivity contribution in [2.45, 2.75) is 18.4 Å². The second kappa shape index (κ2) is 8.60. The molecule has 0 saturated carbocycles. The van der Waals surface area contributed by atoms with Gasteiger partial charge in [0.25, 0.3) is 0 Å². The molecule has 0 radical (unpaired) electrons. The Morgan fingerprint density at radius 3 is 2.17 bits per heavy atom. The first-order chi connectivity index (χ1) is 13.8. The van der Waals surface area contributed by atoms with E-state index < -0.39 is 10.0 Å². The average Bonchev–Trinajstić information content (AvgIpc) is 3.06. The summed E-state index contributed by atoms with van der Waals surface area (Å²) in [5.41, 5.74) is 1.48. The monoisotopic (exact) mass is 424 g/mol. The Hall–Kier alpha value is -2.30. The van der Waals surface area contributed by atoms with E-state index in [0.717, 1.165) is 5.56 Å². The summed E-state index contributed by atoms with van der Waals surface area (Å²) in [6, 6.07) is 3.80. The minimum Gasteiger partial charge on any atom is -0.493 e. The molecule has 0 amide bonds. The lowest BCUT2D eigenvalue weighted by atomic mass is 10.1. The van der Waals surface area contributed by atoms with Gasteiger partial charge in [-0.3, -0.25) is 9.58 Å². The first kappa shape index (κ1) is 21.4. The molecule has 0 atom stereocenters. The molecule has 160 valence electrons. The molecule has 0 unspecified atom stereocenters. The number of hydrogen-bond acceptors (Lipinski definition) is 7. The van der Waals surface area contributed by atoms with Gasteiger partial charge >= 0.3 is 0 Å². The number of benzene rings is 1. The lowest BCUT2D eigenvalue weighted by Gasteiger charge is -2.34. The highest BCUT2D eigenvalue weighted by molar-refractivity contribution is 7.89. The molecule has 2 heterocycles. The van der Waals surface area contributed by atoms with E-state index in [9.17, 15) is 8.42 Å². The molecule has 0 bridgehead atoms. The highest BCUT2D eigenvalue weighted by Crippen LogP contribution is 2.40. The largest absolute Gasteiger partial charge is 0.493 e. The van der Waals surface area contributed by atoms with Crippen LogP contribution in [0.3, 0.4) is 0 Å². The van der Waals surface area contributed by atoms with Gasteiger partial charge in [-0.15, -0.1) is 0 Å². The zero-order chi connectivity index (χ0) is 21.2. The van der Waals surface area contributed by atoms with E-state index in [4.69, 9.17) is 14.2 Å². The van der Waals surface area contributed by atoms with E-state index in [1.807, 2.05) is 12.1 Å². The third-order valence-corrected chi connectivity index (χ3v) is 7.10. The molecule has 2 aromatic rings. The van der Waals surface area contributed by atoms with Crippen LogP contribution in [0.25, 0.3) is 0 Å². The molecule has 10 heteroatoms. The molecule has 1 fully saturated rings. The van der Waals surface area contributed by atoms with Gasteiger partial charge in [0.1, 0.15) is 4.90 Å². The predicted molar refractivity (Wildman–Crippen MR) is 108 cm³/mol. The molecular formula is C19H28N4O5S. The highest BCUT2D eigenvalue weighted by atomic mass is 32.2. The Morgan fingerprint density at radius 1 is 1.00 bits per heavy atom. The van der Waals surface area contributed by atoms with Gasteiger partial charge in [0, 0.05) is 51.5 Å². The van der Waals surface area contributed by atoms with E-state index in [0.29, 0.717) is 55.7 Å². The van der Waals surface area contributed by atoms with Crippen molar-refractivity contribution in [3.05, 3.63) is 29.6 Å². The van der Waals surface area contributed by atoms with Crippen LogP contribution in [0.1, 0.15) is 11.3 Å². The molecule has 1 aromatic heterocycles. The lowest BCUT2D eigenvalue weighted by Crippen LogP contribution is -2.48. The Labute approximate surface area is 171 Å². The van der Waals surface area contributed by atoms with Crippen molar-refractivity contribution < 1.29 is 22.6 Å². The van der Waals surface area contributed by atoms with Crippen molar-refractivity contribution in [1.29, 1.82) is 0 Å². The summed E-state index contributed by atoms with van der Waals surface area (Å²) in [7, 11) is 2.94. The second-order valence-electron chi connectivity index (χ2n) is 6.93. The van der Waals surface area contributed by atoms with E-state index in [-0.39, 0.29) is 4.90 Å². The number of methoxy groups -OCH3 is 3. The number of piperazine rings is 1. The fraction of sp³-hybridized carbons (Fsp3) is 0.526. The van der Waals surface area contributed by atoms with Crippen LogP contribution in [0.2, 0.25) is 0 Å². The van der Waals surface area contributed by atoms with Gasteiger partial charge in [0.15, 0.2) is 11.5 Å². The van der Waals surface area contributed by atoms with Crippen molar-refractivity contribution in [1.82, 2.24) is 19.0 Å². The number of aromatic nitrogens is 2. The highest BCUT2D eigenvalue weighted by Gasteiger charge is 2.31. The van der Waals surface area contributed by atoms with Crippen molar-refractivity contribution >= 4 is 10.0 Å². The van der Waals surface area contributed by atoms with Crippen LogP contribution in [0.15, 0.2) is 23.2 Å². The summed E-state index contributed by atoms with van der Waals surface area (Å²) in [6.07, 6.45) is 1.56. The van der Waals surface area contributed by atoms with Gasteiger partial charge in [-0.1, -0.05) is 6.07 Å². The van der Waals surface area contributed by atoms with Gasteiger partial charge < -0.3 is 14.2 Å². The lowest BCUT2D eigenvalue weighted by molar-refractivity contribution is 0.179. The Kier molecular flexibility index (Phi) is 6.35. The normalized spacial score (nSPS) is 16.0. The maximum absolute atomic E-state index is 12.9. The number of sulfonamides is 1. The fourth-order valence-corrected chi connectivity index (χ4v) is 5.25. The molecule has 3 rings (SSSR count). The first-order valence-corrected chi connectivity index (χ1v) is 10.8. The van der Waals surface area contributed by atoms with Crippen LogP contribution in [-0.2, 0) is 23.6 Å². The van der Waals surface area contributed by atoms with Crippen LogP contribution in [0.4, 0.5) is 0 Å². The van der Waals surface area contributed by atoms with Gasteiger partial charge in [-0.05, 0) is 13.0 Å². The molecule has 1 aliphatic heterocycles. The Bertz CT molecular complexity index is 965. The summed E-state index contributed by atoms with van der Waals surface area (Å²) in [6.45, 7) is 4.43. The van der Waals surface area contributed by atoms with E-state index >= 15 is 0 Å². The SMILES string of the molecule is COc1ccc(CN2CCN(S(=O)(=O)c3cn(C)nc3C)CC2)c(OC)c1OC. The van der Waals surface area contributed by atoms with Crippen LogP contribution in [0, 0.1) is 6.92 Å². The topological polar surface area (TPSA) is 86.1 Å². The zero-order valence-corrected chi connectivity index (χ0v) is 18.3. The van der Waals surface area contributed by atoms with E-state index in [2.05, 4.69) is 10.00 Å². The smallest absolute Gasteiger partial charge is 0.246 e. The molecule has 0 spiro atoms. The van der Waals surface area contributed by atoms with Crippen LogP contribution >= 0.6 is 0 Å². The number of aryl methyl sites for hydroxylation is 2. The minimum absolute atomic E-state index is 0.273. The van der Waals surface area contributed by atoms with Gasteiger partial charge in [-0.25, -0.2) is 8.42 Å². The van der Waals surface area contributed by atoms with Crippen LogP contribution < -0.4 is 14.2 Å². The average molecular weight is 425 g/mol. The zero-order valence-electron chi connectivity index (χ0n) is 17.5. The fourth-order valence-electron chi connectivity index (χ4n) is 3.63. The quantitative estimate of drug-likeness (QED) is 0.661. The van der Waals surface area contributed by atoms with Gasteiger partial charge in [0.05, 0.1) is 27.0 Å². The number of hydrogen-bond donors (Lipinski definition) is 0. The first-order valence-electron chi connectivity index (χ1n) is 9.32. The molecule has 0 N–H and O–H groups in total. The number of ether oxygens (including phenoxy) is 3. The van der Waals surface area contributed by atoms with Crippen LogP contribution in [0.5, 0.6) is 17.2 Å². The summed E-state index contributed by atoms with van der Waals surface area (Å²) >= 11 is 0. The number of rotatable bonds is 7. The van der Waals surface area contributed by atoms with Crippen molar-refractivity contribution in [2.24, 2.45) is 7.05 Å². The molecule has 9 nitrogen and oxygen atoms in total. The summed E-state index contributed by atoms with van der Waals surface area (Å²) < 4.78 is 45.3. The van der Waals surface area contributed by atoms with Gasteiger partial charge in [-0.2, -0.15) is 9.40 Å². The van der Waals surface area contributed by atoms with Crippen molar-refractivity contribution in [2.75, 3.05) is 47.5 Å².